The van der Waals surface area contributed by atoms with Gasteiger partial charge >= 0.3 is 0 Å². The third kappa shape index (κ3) is 2.71. The van der Waals surface area contributed by atoms with Crippen molar-refractivity contribution in [1.82, 2.24) is 0 Å². The van der Waals surface area contributed by atoms with Crippen LogP contribution in [-0.2, 0) is 9.57 Å². The highest BCUT2D eigenvalue weighted by Crippen LogP contribution is 2.46. The third-order valence-corrected chi connectivity index (χ3v) is 5.65. The van der Waals surface area contributed by atoms with E-state index >= 15 is 0 Å². The van der Waals surface area contributed by atoms with Crippen LogP contribution in [0.4, 0.5) is 0 Å². The van der Waals surface area contributed by atoms with Crippen molar-refractivity contribution in [2.75, 3.05) is 7.11 Å². The molecule has 4 rings (SSSR count). The molecule has 0 radical (unpaired) electrons. The van der Waals surface area contributed by atoms with E-state index in [0.717, 1.165) is 25.0 Å². The zero-order chi connectivity index (χ0) is 16.5. The van der Waals surface area contributed by atoms with Crippen LogP contribution in [0.3, 0.4) is 0 Å². The molecule has 3 nitrogen and oxygen atoms in total. The number of ether oxygens (including phenoxy) is 1. The largest absolute Gasteiger partial charge is 0.399 e. The van der Waals surface area contributed by atoms with Crippen molar-refractivity contribution < 1.29 is 9.57 Å². The molecule has 2 aliphatic rings. The summed E-state index contributed by atoms with van der Waals surface area (Å²) in [5, 5.41) is 6.97. The van der Waals surface area contributed by atoms with Crippen LogP contribution in [0.1, 0.15) is 44.1 Å². The first-order chi connectivity index (χ1) is 11.8. The molecule has 0 aromatic heterocycles. The Bertz CT molecular complexity index is 754. The monoisotopic (exact) mass is 323 g/mol. The molecule has 24 heavy (non-hydrogen) atoms. The Labute approximate surface area is 143 Å². The number of hydrogen-bond acceptors (Lipinski definition) is 3. The number of benzene rings is 2. The summed E-state index contributed by atoms with van der Waals surface area (Å²) in [5.41, 5.74) is 2.55. The molecule has 2 bridgehead atoms. The Morgan fingerprint density at radius 3 is 2.79 bits per heavy atom. The van der Waals surface area contributed by atoms with Crippen LogP contribution in [0.2, 0.25) is 0 Å². The van der Waals surface area contributed by atoms with Gasteiger partial charge in [0, 0.05) is 5.92 Å². The van der Waals surface area contributed by atoms with Crippen LogP contribution < -0.4 is 0 Å². The van der Waals surface area contributed by atoms with Gasteiger partial charge in [-0.05, 0) is 47.9 Å². The summed E-state index contributed by atoms with van der Waals surface area (Å²) in [7, 11) is 1.64. The van der Waals surface area contributed by atoms with Gasteiger partial charge in [0.1, 0.15) is 7.11 Å². The van der Waals surface area contributed by atoms with Crippen LogP contribution in [0.5, 0.6) is 0 Å². The van der Waals surface area contributed by atoms with Gasteiger partial charge in [-0.2, -0.15) is 0 Å². The lowest BCUT2D eigenvalue weighted by atomic mass is 9.75. The van der Waals surface area contributed by atoms with Crippen molar-refractivity contribution in [2.45, 2.75) is 50.7 Å². The molecule has 0 N–H and O–H groups in total. The minimum atomic E-state index is 0.286. The van der Waals surface area contributed by atoms with Gasteiger partial charge in [0.05, 0.1) is 17.9 Å². The molecule has 2 saturated heterocycles. The summed E-state index contributed by atoms with van der Waals surface area (Å²) < 4.78 is 6.24. The van der Waals surface area contributed by atoms with Gasteiger partial charge < -0.3 is 9.57 Å². The van der Waals surface area contributed by atoms with Crippen LogP contribution in [0.25, 0.3) is 10.8 Å². The van der Waals surface area contributed by atoms with Gasteiger partial charge in [-0.3, -0.25) is 0 Å². The summed E-state index contributed by atoms with van der Waals surface area (Å²) in [6.45, 7) is 2.16. The molecular weight excluding hydrogens is 298 g/mol. The lowest BCUT2D eigenvalue weighted by Crippen LogP contribution is -2.39. The first-order valence-electron chi connectivity index (χ1n) is 9.04. The molecule has 2 aliphatic heterocycles. The molecule has 2 aromatic carbocycles. The van der Waals surface area contributed by atoms with Crippen molar-refractivity contribution in [1.29, 1.82) is 0 Å². The number of oxime groups is 1. The second-order valence-electron chi connectivity index (χ2n) is 6.97. The lowest BCUT2D eigenvalue weighted by Gasteiger charge is -2.37. The summed E-state index contributed by atoms with van der Waals surface area (Å²) in [4.78, 5) is 5.14. The van der Waals surface area contributed by atoms with Crippen LogP contribution in [0.15, 0.2) is 47.6 Å². The molecule has 0 saturated carbocycles. The highest BCUT2D eigenvalue weighted by atomic mass is 16.6. The Hall–Kier alpha value is -1.87. The number of hydrogen-bond donors (Lipinski definition) is 0. The number of nitrogens with zero attached hydrogens (tertiary/aromatic N) is 1. The van der Waals surface area contributed by atoms with Crippen molar-refractivity contribution in [3.8, 4) is 0 Å². The highest BCUT2D eigenvalue weighted by molar-refractivity contribution is 5.88. The van der Waals surface area contributed by atoms with E-state index in [9.17, 15) is 0 Å². The molecule has 1 unspecified atom stereocenters. The minimum Gasteiger partial charge on any atom is -0.399 e. The molecule has 0 amide bonds. The topological polar surface area (TPSA) is 30.8 Å². The first-order valence-corrected chi connectivity index (χ1v) is 9.04. The van der Waals surface area contributed by atoms with Crippen LogP contribution >= 0.6 is 0 Å². The molecule has 2 fully saturated rings. The van der Waals surface area contributed by atoms with E-state index in [2.05, 4.69) is 54.5 Å². The van der Waals surface area contributed by atoms with Gasteiger partial charge in [0.15, 0.2) is 0 Å². The smallest absolute Gasteiger partial charge is 0.106 e. The molecule has 0 aliphatic carbocycles. The van der Waals surface area contributed by atoms with E-state index in [4.69, 9.17) is 9.57 Å². The number of rotatable bonds is 4. The minimum absolute atomic E-state index is 0.286. The summed E-state index contributed by atoms with van der Waals surface area (Å²) >= 11 is 0. The average molecular weight is 323 g/mol. The Morgan fingerprint density at radius 2 is 2.00 bits per heavy atom. The van der Waals surface area contributed by atoms with E-state index in [-0.39, 0.29) is 6.10 Å². The molecule has 126 valence electrons. The maximum atomic E-state index is 6.24. The standard InChI is InChI=1S/C21H25NO2/c1-3-19(22-23-2)21-18(13-17-10-11-20(21)24-17)16-9-8-14-6-4-5-7-15(14)12-16/h4-9,12,17-18,20-21H,3,10-11,13H2,1-2H3/t17?,18-,20+,21-/m1/s1. The third-order valence-electron chi connectivity index (χ3n) is 5.65. The lowest BCUT2D eigenvalue weighted by molar-refractivity contribution is -0.0248. The Kier molecular flexibility index (Phi) is 4.28. The fourth-order valence-corrected chi connectivity index (χ4v) is 4.57. The Morgan fingerprint density at radius 1 is 1.17 bits per heavy atom. The molecule has 3 heteroatoms. The predicted octanol–water partition coefficient (Wildman–Crippen LogP) is 4.90. The zero-order valence-corrected chi connectivity index (χ0v) is 14.4. The second-order valence-corrected chi connectivity index (χ2v) is 6.97. The van der Waals surface area contributed by atoms with E-state index < -0.39 is 0 Å². The summed E-state index contributed by atoms with van der Waals surface area (Å²) in [6, 6.07) is 15.5. The maximum absolute atomic E-state index is 6.24. The zero-order valence-electron chi connectivity index (χ0n) is 14.4. The van der Waals surface area contributed by atoms with Gasteiger partial charge in [0.2, 0.25) is 0 Å². The van der Waals surface area contributed by atoms with Crippen LogP contribution in [-0.4, -0.2) is 25.0 Å². The van der Waals surface area contributed by atoms with Gasteiger partial charge in [0.25, 0.3) is 0 Å². The van der Waals surface area contributed by atoms with Crippen LogP contribution in [0, 0.1) is 5.92 Å². The van der Waals surface area contributed by atoms with E-state index in [0.29, 0.717) is 17.9 Å². The van der Waals surface area contributed by atoms with Gasteiger partial charge in [-0.1, -0.05) is 54.5 Å². The summed E-state index contributed by atoms with van der Waals surface area (Å²) in [6.07, 6.45) is 5.00. The SMILES string of the molecule is CCC(=NOC)[C@@H]1[C@@H]2CCC(C[C@@H]1c1ccc3ccccc3c1)O2. The normalized spacial score (nSPS) is 29.8. The molecule has 2 aromatic rings. The van der Waals surface area contributed by atoms with Crippen molar-refractivity contribution in [3.63, 3.8) is 0 Å². The molecule has 0 spiro atoms. The second kappa shape index (κ2) is 6.56. The van der Waals surface area contributed by atoms with Gasteiger partial charge in [-0.25, -0.2) is 0 Å². The highest BCUT2D eigenvalue weighted by Gasteiger charge is 2.45. The summed E-state index contributed by atoms with van der Waals surface area (Å²) in [5.74, 6) is 0.796. The first kappa shape index (κ1) is 15.6. The number of fused-ring (bicyclic) bond motifs is 3. The molecular formula is C21H25NO2. The fraction of sp³-hybridized carbons (Fsp3) is 0.476. The van der Waals surface area contributed by atoms with Crippen molar-refractivity contribution >= 4 is 16.5 Å². The average Bonchev–Trinajstić information content (AvgIpc) is 3.01. The quantitative estimate of drug-likeness (QED) is 0.591. The van der Waals surface area contributed by atoms with Gasteiger partial charge in [-0.15, -0.1) is 0 Å². The Balaban J connectivity index is 1.75. The van der Waals surface area contributed by atoms with E-state index in [1.165, 1.54) is 22.8 Å². The fourth-order valence-electron chi connectivity index (χ4n) is 4.57. The maximum Gasteiger partial charge on any atom is 0.106 e. The molecule has 4 atom stereocenters. The van der Waals surface area contributed by atoms with E-state index in [1.807, 2.05) is 0 Å². The van der Waals surface area contributed by atoms with E-state index in [1.54, 1.807) is 7.11 Å². The van der Waals surface area contributed by atoms with Crippen molar-refractivity contribution in [2.24, 2.45) is 11.1 Å². The predicted molar refractivity (Wildman–Crippen MR) is 97.4 cm³/mol. The van der Waals surface area contributed by atoms with Crippen molar-refractivity contribution in [3.05, 3.63) is 48.0 Å². The molecule has 2 heterocycles.